The zero-order valence-electron chi connectivity index (χ0n) is 16.6. The van der Waals surface area contributed by atoms with Gasteiger partial charge in [-0.25, -0.2) is 9.97 Å². The van der Waals surface area contributed by atoms with Crippen molar-refractivity contribution in [1.82, 2.24) is 14.9 Å². The van der Waals surface area contributed by atoms with Crippen molar-refractivity contribution in [2.45, 2.75) is 37.7 Å². The largest absolute Gasteiger partial charge is 0.372 e. The molecule has 152 valence electrons. The highest BCUT2D eigenvalue weighted by atomic mass is 16.5. The predicted octanol–water partition coefficient (Wildman–Crippen LogP) is 2.36. The highest BCUT2D eigenvalue weighted by Crippen LogP contribution is 2.40. The molecule has 0 aliphatic carbocycles. The first-order chi connectivity index (χ1) is 14.1. The molecule has 2 aromatic rings. The Kier molecular flexibility index (Phi) is 4.62. The summed E-state index contributed by atoms with van der Waals surface area (Å²) in [5.41, 5.74) is 9.38. The van der Waals surface area contributed by atoms with Crippen LogP contribution in [0.2, 0.25) is 0 Å². The van der Waals surface area contributed by atoms with Crippen LogP contribution in [0.1, 0.15) is 47.3 Å². The minimum atomic E-state index is -0.443. The summed E-state index contributed by atoms with van der Waals surface area (Å²) < 4.78 is 6.21. The van der Waals surface area contributed by atoms with Gasteiger partial charge in [0, 0.05) is 43.6 Å². The number of nitrogen functional groups attached to an aromatic ring is 1. The van der Waals surface area contributed by atoms with Crippen LogP contribution in [0.25, 0.3) is 0 Å². The number of nitrogens with two attached hydrogens (primary N) is 1. The molecule has 3 aliphatic rings. The van der Waals surface area contributed by atoms with Gasteiger partial charge in [0.1, 0.15) is 5.60 Å². The van der Waals surface area contributed by atoms with E-state index in [-0.39, 0.29) is 11.9 Å². The molecule has 2 saturated heterocycles. The number of carbonyl (C=O) groups is 1. The Balaban J connectivity index is 1.29. The number of amides is 1. The van der Waals surface area contributed by atoms with Gasteiger partial charge < -0.3 is 20.3 Å². The summed E-state index contributed by atoms with van der Waals surface area (Å²) in [5, 5.41) is 0. The maximum absolute atomic E-state index is 13.0. The third kappa shape index (κ3) is 3.33. The van der Waals surface area contributed by atoms with Gasteiger partial charge in [-0.05, 0) is 61.9 Å². The van der Waals surface area contributed by atoms with Crippen molar-refractivity contribution in [3.63, 3.8) is 0 Å². The van der Waals surface area contributed by atoms with E-state index in [0.29, 0.717) is 19.7 Å². The van der Waals surface area contributed by atoms with E-state index in [2.05, 4.69) is 27.0 Å². The second-order valence-corrected chi connectivity index (χ2v) is 8.23. The first-order valence-corrected chi connectivity index (χ1v) is 10.5. The molecule has 0 unspecified atom stereocenters. The summed E-state index contributed by atoms with van der Waals surface area (Å²) in [6, 6.07) is 8.07. The molecule has 1 aromatic carbocycles. The van der Waals surface area contributed by atoms with E-state index in [4.69, 9.17) is 10.5 Å². The smallest absolute Gasteiger partial charge is 0.253 e. The Labute approximate surface area is 170 Å². The van der Waals surface area contributed by atoms with Gasteiger partial charge in [-0.3, -0.25) is 4.79 Å². The molecule has 29 heavy (non-hydrogen) atoms. The van der Waals surface area contributed by atoms with Crippen molar-refractivity contribution in [3.05, 3.63) is 47.3 Å². The van der Waals surface area contributed by atoms with Crippen LogP contribution in [-0.2, 0) is 16.8 Å². The van der Waals surface area contributed by atoms with Crippen molar-refractivity contribution < 1.29 is 9.53 Å². The number of anilines is 2. The van der Waals surface area contributed by atoms with E-state index in [1.807, 2.05) is 23.2 Å². The van der Waals surface area contributed by atoms with Crippen LogP contribution < -0.4 is 10.6 Å². The SMILES string of the molecule is Nc1ncc2c(n1)C1(CCN(C(=O)c3ccc(N4CCCC4)cc3)CC1)OCC2. The molecule has 7 heteroatoms. The van der Waals surface area contributed by atoms with E-state index in [1.165, 1.54) is 18.5 Å². The summed E-state index contributed by atoms with van der Waals surface area (Å²) in [7, 11) is 0. The van der Waals surface area contributed by atoms with Gasteiger partial charge in [0.25, 0.3) is 5.91 Å². The number of hydrogen-bond donors (Lipinski definition) is 1. The van der Waals surface area contributed by atoms with Crippen molar-refractivity contribution in [1.29, 1.82) is 0 Å². The van der Waals surface area contributed by atoms with Crippen LogP contribution in [-0.4, -0.2) is 53.6 Å². The maximum Gasteiger partial charge on any atom is 0.253 e. The summed E-state index contributed by atoms with van der Waals surface area (Å²) >= 11 is 0. The normalized spacial score (nSPS) is 20.7. The summed E-state index contributed by atoms with van der Waals surface area (Å²) in [6.45, 7) is 4.17. The topological polar surface area (TPSA) is 84.6 Å². The molecular weight excluding hydrogens is 366 g/mol. The minimum Gasteiger partial charge on any atom is -0.372 e. The zero-order valence-corrected chi connectivity index (χ0v) is 16.6. The van der Waals surface area contributed by atoms with Crippen LogP contribution in [0.5, 0.6) is 0 Å². The van der Waals surface area contributed by atoms with Gasteiger partial charge in [-0.2, -0.15) is 0 Å². The van der Waals surface area contributed by atoms with Gasteiger partial charge in [0.15, 0.2) is 0 Å². The molecule has 0 saturated carbocycles. The highest BCUT2D eigenvalue weighted by molar-refractivity contribution is 5.94. The monoisotopic (exact) mass is 393 g/mol. The van der Waals surface area contributed by atoms with Crippen molar-refractivity contribution >= 4 is 17.5 Å². The molecule has 0 bridgehead atoms. The average molecular weight is 393 g/mol. The fourth-order valence-corrected chi connectivity index (χ4v) is 4.85. The van der Waals surface area contributed by atoms with Crippen LogP contribution in [0, 0.1) is 0 Å². The Morgan fingerprint density at radius 1 is 1.07 bits per heavy atom. The van der Waals surface area contributed by atoms with Crippen LogP contribution in [0.4, 0.5) is 11.6 Å². The number of ether oxygens (including phenoxy) is 1. The second kappa shape index (κ2) is 7.30. The molecule has 0 atom stereocenters. The number of fused-ring (bicyclic) bond motifs is 2. The summed E-state index contributed by atoms with van der Waals surface area (Å²) in [5.74, 6) is 0.372. The van der Waals surface area contributed by atoms with Gasteiger partial charge in [0.2, 0.25) is 5.95 Å². The minimum absolute atomic E-state index is 0.0889. The number of piperidine rings is 1. The van der Waals surface area contributed by atoms with Gasteiger partial charge in [-0.15, -0.1) is 0 Å². The molecule has 1 aromatic heterocycles. The van der Waals surface area contributed by atoms with Crippen molar-refractivity contribution in [3.8, 4) is 0 Å². The van der Waals surface area contributed by atoms with E-state index in [1.54, 1.807) is 0 Å². The van der Waals surface area contributed by atoms with Crippen LogP contribution in [0.3, 0.4) is 0 Å². The first kappa shape index (κ1) is 18.4. The number of likely N-dealkylation sites (tertiary alicyclic amines) is 1. The molecule has 7 nitrogen and oxygen atoms in total. The Hall–Kier alpha value is -2.67. The molecule has 2 fully saturated rings. The quantitative estimate of drug-likeness (QED) is 0.843. The lowest BCUT2D eigenvalue weighted by Crippen LogP contribution is -2.49. The molecule has 2 N–H and O–H groups in total. The second-order valence-electron chi connectivity index (χ2n) is 8.23. The van der Waals surface area contributed by atoms with Crippen LogP contribution >= 0.6 is 0 Å². The number of hydrogen-bond acceptors (Lipinski definition) is 6. The number of nitrogens with zero attached hydrogens (tertiary/aromatic N) is 4. The zero-order chi connectivity index (χ0) is 19.8. The van der Waals surface area contributed by atoms with Gasteiger partial charge in [0.05, 0.1) is 12.3 Å². The summed E-state index contributed by atoms with van der Waals surface area (Å²) in [4.78, 5) is 26.0. The lowest BCUT2D eigenvalue weighted by atomic mass is 9.83. The fourth-order valence-electron chi connectivity index (χ4n) is 4.85. The van der Waals surface area contributed by atoms with E-state index in [0.717, 1.165) is 49.2 Å². The molecule has 0 radical (unpaired) electrons. The Bertz CT molecular complexity index is 900. The van der Waals surface area contributed by atoms with Crippen LogP contribution in [0.15, 0.2) is 30.5 Å². The average Bonchev–Trinajstić information content (AvgIpc) is 3.30. The molecule has 5 rings (SSSR count). The van der Waals surface area contributed by atoms with Gasteiger partial charge in [-0.1, -0.05) is 0 Å². The Morgan fingerprint density at radius 2 is 1.79 bits per heavy atom. The summed E-state index contributed by atoms with van der Waals surface area (Å²) in [6.07, 6.45) is 6.59. The molecule has 1 spiro atoms. The van der Waals surface area contributed by atoms with E-state index >= 15 is 0 Å². The highest BCUT2D eigenvalue weighted by Gasteiger charge is 2.43. The lowest BCUT2D eigenvalue weighted by Gasteiger charge is -2.44. The third-order valence-electron chi connectivity index (χ3n) is 6.51. The number of carbonyl (C=O) groups excluding carboxylic acids is 1. The number of aromatic nitrogens is 2. The standard InChI is InChI=1S/C22H27N5O2/c23-21-24-15-17-7-14-29-22(19(17)25-21)8-12-27(13-9-22)20(28)16-3-5-18(6-4-16)26-10-1-2-11-26/h3-6,15H,1-2,7-14H2,(H2,23,24,25). The predicted molar refractivity (Wildman–Crippen MR) is 111 cm³/mol. The van der Waals surface area contributed by atoms with Crippen molar-refractivity contribution in [2.24, 2.45) is 0 Å². The third-order valence-corrected chi connectivity index (χ3v) is 6.51. The van der Waals surface area contributed by atoms with Gasteiger partial charge >= 0.3 is 0 Å². The maximum atomic E-state index is 13.0. The Morgan fingerprint density at radius 3 is 2.52 bits per heavy atom. The number of rotatable bonds is 2. The fraction of sp³-hybridized carbons (Fsp3) is 0.500. The molecular formula is C22H27N5O2. The first-order valence-electron chi connectivity index (χ1n) is 10.5. The van der Waals surface area contributed by atoms with Crippen molar-refractivity contribution in [2.75, 3.05) is 43.4 Å². The number of benzene rings is 1. The van der Waals surface area contributed by atoms with E-state index in [9.17, 15) is 4.79 Å². The molecule has 4 heterocycles. The molecule has 3 aliphatic heterocycles. The molecule has 1 amide bonds. The van der Waals surface area contributed by atoms with E-state index < -0.39 is 5.60 Å². The lowest BCUT2D eigenvalue weighted by molar-refractivity contribution is -0.0966.